The summed E-state index contributed by atoms with van der Waals surface area (Å²) in [5.74, 6) is 0.0682. The number of hydrogen-bond donors (Lipinski definition) is 0. The number of aryl methyl sites for hydroxylation is 1. The molecule has 0 saturated heterocycles. The van der Waals surface area contributed by atoms with Crippen molar-refractivity contribution in [2.75, 3.05) is 0 Å². The highest BCUT2D eigenvalue weighted by atomic mass is 16.1. The Bertz CT molecular complexity index is 565. The van der Waals surface area contributed by atoms with E-state index in [9.17, 15) is 4.79 Å². The summed E-state index contributed by atoms with van der Waals surface area (Å²) in [6.07, 6.45) is 3.38. The van der Waals surface area contributed by atoms with Crippen LogP contribution in [0.3, 0.4) is 0 Å². The SMILES string of the molecule is CC=CC(=O)c1ccc(C)c2ccccc12. The lowest BCUT2D eigenvalue weighted by molar-refractivity contribution is 0.104. The monoisotopic (exact) mass is 210 g/mol. The van der Waals surface area contributed by atoms with Crippen LogP contribution in [0.5, 0.6) is 0 Å². The Morgan fingerprint density at radius 1 is 1.06 bits per heavy atom. The summed E-state index contributed by atoms with van der Waals surface area (Å²) in [7, 11) is 0. The number of allylic oxidation sites excluding steroid dienone is 2. The summed E-state index contributed by atoms with van der Waals surface area (Å²) in [6.45, 7) is 3.92. The van der Waals surface area contributed by atoms with Gasteiger partial charge in [-0.15, -0.1) is 0 Å². The molecule has 1 heteroatoms. The zero-order valence-corrected chi connectivity index (χ0v) is 9.53. The minimum absolute atomic E-state index is 0.0682. The third-order valence-corrected chi connectivity index (χ3v) is 2.73. The molecule has 80 valence electrons. The molecule has 0 saturated carbocycles. The standard InChI is InChI=1S/C15H14O/c1-3-6-15(16)14-10-9-11(2)12-7-4-5-8-13(12)14/h3-10H,1-2H3. The molecule has 1 nitrogen and oxygen atoms in total. The molecule has 0 fully saturated rings. The molecular formula is C15H14O. The summed E-state index contributed by atoms with van der Waals surface area (Å²) >= 11 is 0. The van der Waals surface area contributed by atoms with E-state index in [2.05, 4.69) is 13.0 Å². The lowest BCUT2D eigenvalue weighted by atomic mass is 9.98. The van der Waals surface area contributed by atoms with Gasteiger partial charge in [0, 0.05) is 5.56 Å². The minimum Gasteiger partial charge on any atom is -0.289 e. The van der Waals surface area contributed by atoms with Crippen LogP contribution < -0.4 is 0 Å². The molecule has 0 aliphatic rings. The lowest BCUT2D eigenvalue weighted by Crippen LogP contribution is -1.96. The van der Waals surface area contributed by atoms with E-state index in [1.54, 1.807) is 12.2 Å². The maximum absolute atomic E-state index is 11.9. The molecule has 0 atom stereocenters. The Labute approximate surface area is 95.4 Å². The molecule has 0 unspecified atom stereocenters. The summed E-state index contributed by atoms with van der Waals surface area (Å²) in [6, 6.07) is 11.9. The Morgan fingerprint density at radius 3 is 2.44 bits per heavy atom. The van der Waals surface area contributed by atoms with Gasteiger partial charge in [0.05, 0.1) is 0 Å². The second-order valence-electron chi connectivity index (χ2n) is 3.84. The van der Waals surface area contributed by atoms with Crippen LogP contribution in [-0.4, -0.2) is 5.78 Å². The van der Waals surface area contributed by atoms with Gasteiger partial charge in [-0.05, 0) is 36.3 Å². The maximum atomic E-state index is 11.9. The second-order valence-corrected chi connectivity index (χ2v) is 3.84. The van der Waals surface area contributed by atoms with Crippen molar-refractivity contribution < 1.29 is 4.79 Å². The summed E-state index contributed by atoms with van der Waals surface area (Å²) in [5, 5.41) is 2.18. The van der Waals surface area contributed by atoms with E-state index in [-0.39, 0.29) is 5.78 Å². The average molecular weight is 210 g/mol. The average Bonchev–Trinajstić information content (AvgIpc) is 2.30. The van der Waals surface area contributed by atoms with Crippen LogP contribution in [0.2, 0.25) is 0 Å². The molecule has 0 heterocycles. The van der Waals surface area contributed by atoms with Crippen LogP contribution in [0.25, 0.3) is 10.8 Å². The Hall–Kier alpha value is -1.89. The van der Waals surface area contributed by atoms with E-state index in [1.807, 2.05) is 37.3 Å². The lowest BCUT2D eigenvalue weighted by Gasteiger charge is -2.06. The number of rotatable bonds is 2. The normalized spacial score (nSPS) is 11.1. The first-order chi connectivity index (χ1) is 7.74. The van der Waals surface area contributed by atoms with Gasteiger partial charge in [0.25, 0.3) is 0 Å². The fraction of sp³-hybridized carbons (Fsp3) is 0.133. The van der Waals surface area contributed by atoms with Crippen LogP contribution in [-0.2, 0) is 0 Å². The molecule has 2 aromatic rings. The fourth-order valence-electron chi connectivity index (χ4n) is 1.91. The van der Waals surface area contributed by atoms with Gasteiger partial charge in [0.15, 0.2) is 5.78 Å². The first-order valence-electron chi connectivity index (χ1n) is 5.39. The molecule has 0 aliphatic carbocycles. The molecule has 0 radical (unpaired) electrons. The minimum atomic E-state index is 0.0682. The van der Waals surface area contributed by atoms with Gasteiger partial charge in [-0.25, -0.2) is 0 Å². The van der Waals surface area contributed by atoms with Crippen LogP contribution in [0.15, 0.2) is 48.6 Å². The third kappa shape index (κ3) is 1.76. The van der Waals surface area contributed by atoms with Crippen molar-refractivity contribution in [3.05, 3.63) is 59.7 Å². The van der Waals surface area contributed by atoms with E-state index < -0.39 is 0 Å². The highest BCUT2D eigenvalue weighted by Gasteiger charge is 2.07. The predicted molar refractivity (Wildman–Crippen MR) is 67.8 cm³/mol. The predicted octanol–water partition coefficient (Wildman–Crippen LogP) is 3.91. The van der Waals surface area contributed by atoms with Crippen molar-refractivity contribution in [2.45, 2.75) is 13.8 Å². The van der Waals surface area contributed by atoms with Crippen LogP contribution in [0.4, 0.5) is 0 Å². The van der Waals surface area contributed by atoms with Crippen molar-refractivity contribution in [3.63, 3.8) is 0 Å². The van der Waals surface area contributed by atoms with E-state index in [4.69, 9.17) is 0 Å². The van der Waals surface area contributed by atoms with E-state index in [0.717, 1.165) is 16.3 Å². The molecule has 0 amide bonds. The largest absolute Gasteiger partial charge is 0.289 e. The Kier molecular flexibility index (Phi) is 2.86. The highest BCUT2D eigenvalue weighted by molar-refractivity contribution is 6.13. The fourth-order valence-corrected chi connectivity index (χ4v) is 1.91. The van der Waals surface area contributed by atoms with E-state index >= 15 is 0 Å². The van der Waals surface area contributed by atoms with Crippen LogP contribution in [0.1, 0.15) is 22.8 Å². The first-order valence-corrected chi connectivity index (χ1v) is 5.39. The maximum Gasteiger partial charge on any atom is 0.186 e. The molecule has 16 heavy (non-hydrogen) atoms. The van der Waals surface area contributed by atoms with Crippen molar-refractivity contribution >= 4 is 16.6 Å². The van der Waals surface area contributed by atoms with Gasteiger partial charge in [-0.2, -0.15) is 0 Å². The van der Waals surface area contributed by atoms with E-state index in [0.29, 0.717) is 0 Å². The molecular weight excluding hydrogens is 196 g/mol. The van der Waals surface area contributed by atoms with Crippen molar-refractivity contribution in [3.8, 4) is 0 Å². The molecule has 0 N–H and O–H groups in total. The number of ketones is 1. The van der Waals surface area contributed by atoms with Gasteiger partial charge in [-0.3, -0.25) is 4.79 Å². The second kappa shape index (κ2) is 4.31. The Morgan fingerprint density at radius 2 is 1.75 bits per heavy atom. The summed E-state index contributed by atoms with van der Waals surface area (Å²) in [5.41, 5.74) is 1.98. The van der Waals surface area contributed by atoms with Crippen molar-refractivity contribution in [1.82, 2.24) is 0 Å². The summed E-state index contributed by atoms with van der Waals surface area (Å²) in [4.78, 5) is 11.9. The molecule has 0 aromatic heterocycles. The first kappa shape index (κ1) is 10.6. The van der Waals surface area contributed by atoms with Crippen LogP contribution in [0, 0.1) is 6.92 Å². The number of carbonyl (C=O) groups excluding carboxylic acids is 1. The Balaban J connectivity index is 2.72. The third-order valence-electron chi connectivity index (χ3n) is 2.73. The van der Waals surface area contributed by atoms with Crippen molar-refractivity contribution in [2.24, 2.45) is 0 Å². The molecule has 0 spiro atoms. The smallest absolute Gasteiger partial charge is 0.186 e. The number of carbonyl (C=O) groups is 1. The zero-order valence-electron chi connectivity index (χ0n) is 9.53. The molecule has 2 aromatic carbocycles. The van der Waals surface area contributed by atoms with Gasteiger partial charge < -0.3 is 0 Å². The number of fused-ring (bicyclic) bond motifs is 1. The van der Waals surface area contributed by atoms with Gasteiger partial charge in [0.2, 0.25) is 0 Å². The molecule has 0 bridgehead atoms. The van der Waals surface area contributed by atoms with E-state index in [1.165, 1.54) is 5.56 Å². The number of hydrogen-bond acceptors (Lipinski definition) is 1. The van der Waals surface area contributed by atoms with Gasteiger partial charge >= 0.3 is 0 Å². The molecule has 2 rings (SSSR count). The van der Waals surface area contributed by atoms with Crippen molar-refractivity contribution in [1.29, 1.82) is 0 Å². The summed E-state index contributed by atoms with van der Waals surface area (Å²) < 4.78 is 0. The van der Waals surface area contributed by atoms with Gasteiger partial charge in [0.1, 0.15) is 0 Å². The zero-order chi connectivity index (χ0) is 11.5. The topological polar surface area (TPSA) is 17.1 Å². The number of benzene rings is 2. The molecule has 0 aliphatic heterocycles. The van der Waals surface area contributed by atoms with Crippen LogP contribution >= 0.6 is 0 Å². The van der Waals surface area contributed by atoms with Gasteiger partial charge in [-0.1, -0.05) is 42.5 Å². The quantitative estimate of drug-likeness (QED) is 0.542. The highest BCUT2D eigenvalue weighted by Crippen LogP contribution is 2.22.